The summed E-state index contributed by atoms with van der Waals surface area (Å²) >= 11 is 1.77. The third-order valence-corrected chi connectivity index (χ3v) is 2.45. The Labute approximate surface area is 88.7 Å². The maximum Gasteiger partial charge on any atom is 0.331 e. The number of carbonyl (C=O) groups is 1. The van der Waals surface area contributed by atoms with Gasteiger partial charge in [-0.1, -0.05) is 0 Å². The van der Waals surface area contributed by atoms with Gasteiger partial charge in [-0.25, -0.2) is 4.79 Å². The van der Waals surface area contributed by atoms with Crippen molar-refractivity contribution in [2.75, 3.05) is 31.8 Å². The van der Waals surface area contributed by atoms with Crippen LogP contribution < -0.4 is 5.32 Å². The molecule has 0 saturated heterocycles. The van der Waals surface area contributed by atoms with Crippen molar-refractivity contribution in [1.29, 1.82) is 0 Å². The third-order valence-electron chi connectivity index (χ3n) is 1.38. The van der Waals surface area contributed by atoms with Gasteiger partial charge < -0.3 is 15.2 Å². The Bertz CT molecular complexity index is 173. The van der Waals surface area contributed by atoms with Gasteiger partial charge in [0.15, 0.2) is 0 Å². The van der Waals surface area contributed by atoms with Crippen LogP contribution in [0.1, 0.15) is 6.42 Å². The van der Waals surface area contributed by atoms with Gasteiger partial charge in [0.25, 0.3) is 0 Å². The molecule has 0 rings (SSSR count). The summed E-state index contributed by atoms with van der Waals surface area (Å²) in [6.45, 7) is 1.06. The van der Waals surface area contributed by atoms with Crippen LogP contribution in [0.5, 0.6) is 0 Å². The Morgan fingerprint density at radius 2 is 2.36 bits per heavy atom. The summed E-state index contributed by atoms with van der Waals surface area (Å²) in [6, 6.07) is 0. The van der Waals surface area contributed by atoms with Crippen molar-refractivity contribution in [3.63, 3.8) is 0 Å². The number of hydrogen-bond donors (Lipinski definition) is 2. The minimum absolute atomic E-state index is 0.253. The third kappa shape index (κ3) is 9.41. The van der Waals surface area contributed by atoms with E-state index in [4.69, 9.17) is 5.11 Å². The number of carbonyl (C=O) groups excluding carboxylic acids is 1. The number of rotatable bonds is 8. The standard InChI is InChI=1S/C9H17NO3S/c1-13-9(12)3-4-10-5-8-14-7-2-6-11/h3-4,10-11H,2,5-8H2,1H3/b4-3+. The van der Waals surface area contributed by atoms with Crippen LogP contribution in [0.3, 0.4) is 0 Å². The number of methoxy groups -OCH3 is 1. The molecular weight excluding hydrogens is 202 g/mol. The molecule has 0 spiro atoms. The van der Waals surface area contributed by atoms with Gasteiger partial charge in [-0.15, -0.1) is 0 Å². The molecule has 0 aliphatic carbocycles. The van der Waals surface area contributed by atoms with Crippen molar-refractivity contribution in [2.24, 2.45) is 0 Å². The average molecular weight is 219 g/mol. The van der Waals surface area contributed by atoms with E-state index in [2.05, 4.69) is 10.1 Å². The van der Waals surface area contributed by atoms with E-state index >= 15 is 0 Å². The van der Waals surface area contributed by atoms with E-state index in [1.54, 1.807) is 18.0 Å². The van der Waals surface area contributed by atoms with Crippen LogP contribution in [0, 0.1) is 0 Å². The van der Waals surface area contributed by atoms with Crippen molar-refractivity contribution in [2.45, 2.75) is 6.42 Å². The lowest BCUT2D eigenvalue weighted by Crippen LogP contribution is -2.10. The van der Waals surface area contributed by atoms with Crippen LogP contribution in [-0.4, -0.2) is 42.8 Å². The summed E-state index contributed by atoms with van der Waals surface area (Å²) in [5, 5.41) is 11.5. The summed E-state index contributed by atoms with van der Waals surface area (Å²) < 4.78 is 4.41. The highest BCUT2D eigenvalue weighted by Crippen LogP contribution is 1.99. The molecule has 14 heavy (non-hydrogen) atoms. The van der Waals surface area contributed by atoms with Crippen LogP contribution >= 0.6 is 11.8 Å². The maximum atomic E-state index is 10.6. The predicted molar refractivity (Wildman–Crippen MR) is 58.2 cm³/mol. The maximum absolute atomic E-state index is 10.6. The highest BCUT2D eigenvalue weighted by Gasteiger charge is 1.89. The van der Waals surface area contributed by atoms with Crippen molar-refractivity contribution in [1.82, 2.24) is 5.32 Å². The zero-order chi connectivity index (χ0) is 10.6. The summed E-state index contributed by atoms with van der Waals surface area (Å²) in [5.41, 5.74) is 0. The summed E-state index contributed by atoms with van der Waals surface area (Å²) in [6.07, 6.45) is 3.76. The second-order valence-electron chi connectivity index (χ2n) is 2.50. The minimum atomic E-state index is -0.356. The first-order valence-electron chi connectivity index (χ1n) is 4.47. The normalized spacial score (nSPS) is 10.4. The number of thioether (sulfide) groups is 1. The summed E-state index contributed by atoms with van der Waals surface area (Å²) in [7, 11) is 1.34. The number of nitrogens with one attached hydrogen (secondary N) is 1. The zero-order valence-corrected chi connectivity index (χ0v) is 9.18. The van der Waals surface area contributed by atoms with E-state index in [-0.39, 0.29) is 12.6 Å². The molecule has 0 heterocycles. The van der Waals surface area contributed by atoms with E-state index in [1.165, 1.54) is 13.2 Å². The first-order valence-corrected chi connectivity index (χ1v) is 5.63. The quantitative estimate of drug-likeness (QED) is 0.351. The molecule has 0 amide bonds. The molecule has 0 radical (unpaired) electrons. The lowest BCUT2D eigenvalue weighted by molar-refractivity contribution is -0.134. The molecule has 5 heteroatoms. The molecule has 2 N–H and O–H groups in total. The first kappa shape index (κ1) is 13.3. The molecule has 0 aromatic rings. The van der Waals surface area contributed by atoms with E-state index in [0.29, 0.717) is 0 Å². The second kappa shape index (κ2) is 10.4. The van der Waals surface area contributed by atoms with Gasteiger partial charge in [0.05, 0.1) is 7.11 Å². The van der Waals surface area contributed by atoms with Gasteiger partial charge in [0.1, 0.15) is 0 Å². The molecule has 0 aromatic heterocycles. The Morgan fingerprint density at radius 3 is 3.00 bits per heavy atom. The summed E-state index contributed by atoms with van der Waals surface area (Å²) in [5.74, 6) is 1.58. The fourth-order valence-corrected chi connectivity index (χ4v) is 1.48. The Morgan fingerprint density at radius 1 is 1.57 bits per heavy atom. The Hall–Kier alpha value is -0.680. The molecule has 4 nitrogen and oxygen atoms in total. The average Bonchev–Trinajstić information content (AvgIpc) is 2.21. The molecule has 0 unspecified atom stereocenters. The zero-order valence-electron chi connectivity index (χ0n) is 8.36. The monoisotopic (exact) mass is 219 g/mol. The van der Waals surface area contributed by atoms with Crippen LogP contribution in [0.25, 0.3) is 0 Å². The largest absolute Gasteiger partial charge is 0.466 e. The van der Waals surface area contributed by atoms with E-state index < -0.39 is 0 Å². The van der Waals surface area contributed by atoms with Crippen molar-refractivity contribution < 1.29 is 14.6 Å². The van der Waals surface area contributed by atoms with Gasteiger partial charge in [0, 0.05) is 31.2 Å². The van der Waals surface area contributed by atoms with Gasteiger partial charge in [-0.3, -0.25) is 0 Å². The first-order chi connectivity index (χ1) is 6.81. The second-order valence-corrected chi connectivity index (χ2v) is 3.72. The Balaban J connectivity index is 3.13. The molecule has 0 saturated carbocycles. The van der Waals surface area contributed by atoms with Crippen LogP contribution in [-0.2, 0) is 9.53 Å². The lowest BCUT2D eigenvalue weighted by Gasteiger charge is -2.00. The number of ether oxygens (including phenoxy) is 1. The van der Waals surface area contributed by atoms with Gasteiger partial charge in [-0.05, 0) is 12.2 Å². The van der Waals surface area contributed by atoms with Crippen LogP contribution in [0.15, 0.2) is 12.3 Å². The van der Waals surface area contributed by atoms with Gasteiger partial charge >= 0.3 is 5.97 Å². The molecule has 0 bridgehead atoms. The molecular formula is C9H17NO3S. The van der Waals surface area contributed by atoms with E-state index in [1.807, 2.05) is 0 Å². The highest BCUT2D eigenvalue weighted by molar-refractivity contribution is 7.99. The predicted octanol–water partition coefficient (Wildman–Crippen LogP) is 0.378. The fraction of sp³-hybridized carbons (Fsp3) is 0.667. The Kier molecular flexibility index (Phi) is 9.90. The van der Waals surface area contributed by atoms with Crippen molar-refractivity contribution in [3.8, 4) is 0 Å². The molecule has 0 aliphatic heterocycles. The van der Waals surface area contributed by atoms with E-state index in [0.717, 1.165) is 24.5 Å². The molecule has 0 aliphatic rings. The number of esters is 1. The highest BCUT2D eigenvalue weighted by atomic mass is 32.2. The lowest BCUT2D eigenvalue weighted by atomic mass is 10.5. The minimum Gasteiger partial charge on any atom is -0.466 e. The number of hydrogen-bond acceptors (Lipinski definition) is 5. The number of aliphatic hydroxyl groups is 1. The topological polar surface area (TPSA) is 58.6 Å². The van der Waals surface area contributed by atoms with Gasteiger partial charge in [-0.2, -0.15) is 11.8 Å². The van der Waals surface area contributed by atoms with Crippen molar-refractivity contribution in [3.05, 3.63) is 12.3 Å². The molecule has 82 valence electrons. The molecule has 0 aromatic carbocycles. The molecule has 0 atom stereocenters. The summed E-state index contributed by atoms with van der Waals surface area (Å²) in [4.78, 5) is 10.6. The van der Waals surface area contributed by atoms with E-state index in [9.17, 15) is 4.79 Å². The van der Waals surface area contributed by atoms with Gasteiger partial charge in [0.2, 0.25) is 0 Å². The molecule has 0 fully saturated rings. The smallest absolute Gasteiger partial charge is 0.331 e. The van der Waals surface area contributed by atoms with Crippen molar-refractivity contribution >= 4 is 17.7 Å². The number of aliphatic hydroxyl groups excluding tert-OH is 1. The van der Waals surface area contributed by atoms with Crippen LogP contribution in [0.4, 0.5) is 0 Å². The SMILES string of the molecule is COC(=O)/C=C/NCCSCCCO. The van der Waals surface area contributed by atoms with Crippen LogP contribution in [0.2, 0.25) is 0 Å². The fourth-order valence-electron chi connectivity index (χ4n) is 0.678.